The number of carbonyl (C=O) groups excluding carboxylic acids is 1. The second kappa shape index (κ2) is 8.34. The van der Waals surface area contributed by atoms with Gasteiger partial charge in [0.25, 0.3) is 0 Å². The van der Waals surface area contributed by atoms with Crippen molar-refractivity contribution in [2.24, 2.45) is 11.7 Å². The Kier molecular flexibility index (Phi) is 7.12. The predicted molar refractivity (Wildman–Crippen MR) is 81.8 cm³/mol. The summed E-state index contributed by atoms with van der Waals surface area (Å²) in [6.45, 7) is 8.08. The number of thiazole rings is 1. The van der Waals surface area contributed by atoms with E-state index in [4.69, 9.17) is 10.5 Å². The maximum Gasteiger partial charge on any atom is 0.367 e. The lowest BCUT2D eigenvalue weighted by molar-refractivity contribution is 0.0525. The molecule has 114 valence electrons. The van der Waals surface area contributed by atoms with Gasteiger partial charge in [0.1, 0.15) is 0 Å². The predicted octanol–water partition coefficient (Wildman–Crippen LogP) is 2.12. The van der Waals surface area contributed by atoms with Crippen LogP contribution in [-0.2, 0) is 11.3 Å². The van der Waals surface area contributed by atoms with Crippen LogP contribution in [0.4, 0.5) is 0 Å². The molecule has 1 atom stereocenters. The molecule has 1 aromatic heterocycles. The van der Waals surface area contributed by atoms with Gasteiger partial charge in [-0.25, -0.2) is 9.78 Å². The Bertz CT molecular complexity index is 420. The van der Waals surface area contributed by atoms with Crippen LogP contribution in [0.5, 0.6) is 0 Å². The lowest BCUT2D eigenvalue weighted by atomic mass is 10.0. The largest absolute Gasteiger partial charge is 0.461 e. The first-order valence-electron chi connectivity index (χ1n) is 6.99. The minimum atomic E-state index is -0.340. The third kappa shape index (κ3) is 5.56. The number of ether oxygens (including phenoxy) is 1. The van der Waals surface area contributed by atoms with Crippen molar-refractivity contribution in [1.29, 1.82) is 0 Å². The van der Waals surface area contributed by atoms with E-state index in [0.717, 1.165) is 25.2 Å². The average molecular weight is 299 g/mol. The van der Waals surface area contributed by atoms with Crippen LogP contribution < -0.4 is 5.73 Å². The number of nitrogens with zero attached hydrogens (tertiary/aromatic N) is 2. The number of aromatic nitrogens is 1. The molecule has 0 saturated carbocycles. The molecule has 0 spiro atoms. The number of nitrogens with two attached hydrogens (primary N) is 1. The molecule has 1 aromatic rings. The van der Waals surface area contributed by atoms with Crippen LogP contribution in [0.25, 0.3) is 0 Å². The van der Waals surface area contributed by atoms with Gasteiger partial charge in [0.2, 0.25) is 5.01 Å². The quantitative estimate of drug-likeness (QED) is 0.745. The third-order valence-corrected chi connectivity index (χ3v) is 4.01. The summed E-state index contributed by atoms with van der Waals surface area (Å²) < 4.78 is 4.93. The molecule has 0 amide bonds. The molecule has 0 radical (unpaired) electrons. The average Bonchev–Trinajstić information content (AvgIpc) is 2.84. The van der Waals surface area contributed by atoms with E-state index in [1.165, 1.54) is 11.3 Å². The van der Waals surface area contributed by atoms with E-state index < -0.39 is 0 Å². The second-order valence-electron chi connectivity index (χ2n) is 5.30. The van der Waals surface area contributed by atoms with Crippen molar-refractivity contribution >= 4 is 17.3 Å². The lowest BCUT2D eigenvalue weighted by Gasteiger charge is -2.20. The Morgan fingerprint density at radius 2 is 2.25 bits per heavy atom. The molecular formula is C14H25N3O2S. The standard InChI is InChI=1S/C14H25N3O2S/c1-5-19-14(18)13-16-11(9-20-13)8-17(4)7-6-12(15)10(2)3/h9-10,12H,5-8,15H2,1-4H3. The van der Waals surface area contributed by atoms with Crippen molar-refractivity contribution in [1.82, 2.24) is 9.88 Å². The summed E-state index contributed by atoms with van der Waals surface area (Å²) >= 11 is 1.33. The van der Waals surface area contributed by atoms with Gasteiger partial charge in [-0.05, 0) is 32.9 Å². The van der Waals surface area contributed by atoms with Gasteiger partial charge in [-0.2, -0.15) is 0 Å². The maximum absolute atomic E-state index is 11.5. The van der Waals surface area contributed by atoms with Gasteiger partial charge in [0.15, 0.2) is 0 Å². The Balaban J connectivity index is 2.42. The van der Waals surface area contributed by atoms with Gasteiger partial charge in [-0.1, -0.05) is 13.8 Å². The molecule has 1 unspecified atom stereocenters. The Hall–Kier alpha value is -0.980. The summed E-state index contributed by atoms with van der Waals surface area (Å²) in [5.41, 5.74) is 6.94. The highest BCUT2D eigenvalue weighted by Crippen LogP contribution is 2.13. The van der Waals surface area contributed by atoms with Crippen LogP contribution >= 0.6 is 11.3 Å². The van der Waals surface area contributed by atoms with Crippen molar-refractivity contribution in [3.63, 3.8) is 0 Å². The zero-order valence-corrected chi connectivity index (χ0v) is 13.6. The molecule has 6 heteroatoms. The molecule has 0 fully saturated rings. The smallest absolute Gasteiger partial charge is 0.367 e. The van der Waals surface area contributed by atoms with Crippen molar-refractivity contribution < 1.29 is 9.53 Å². The normalized spacial score (nSPS) is 12.9. The van der Waals surface area contributed by atoms with E-state index >= 15 is 0 Å². The van der Waals surface area contributed by atoms with Crippen LogP contribution in [0.2, 0.25) is 0 Å². The summed E-state index contributed by atoms with van der Waals surface area (Å²) in [6, 6.07) is 0.225. The van der Waals surface area contributed by atoms with Crippen molar-refractivity contribution in [3.05, 3.63) is 16.1 Å². The van der Waals surface area contributed by atoms with E-state index in [2.05, 4.69) is 23.7 Å². The minimum absolute atomic E-state index is 0.225. The van der Waals surface area contributed by atoms with E-state index in [1.807, 2.05) is 12.4 Å². The molecule has 20 heavy (non-hydrogen) atoms. The highest BCUT2D eigenvalue weighted by atomic mass is 32.1. The zero-order chi connectivity index (χ0) is 15.1. The van der Waals surface area contributed by atoms with Gasteiger partial charge < -0.3 is 15.4 Å². The van der Waals surface area contributed by atoms with Crippen LogP contribution in [0.15, 0.2) is 5.38 Å². The van der Waals surface area contributed by atoms with E-state index in [-0.39, 0.29) is 12.0 Å². The minimum Gasteiger partial charge on any atom is -0.461 e. The van der Waals surface area contributed by atoms with Crippen LogP contribution in [0.1, 0.15) is 42.7 Å². The highest BCUT2D eigenvalue weighted by molar-refractivity contribution is 7.11. The fourth-order valence-corrected chi connectivity index (χ4v) is 2.42. The molecule has 1 heterocycles. The summed E-state index contributed by atoms with van der Waals surface area (Å²) in [6.07, 6.45) is 0.961. The molecule has 5 nitrogen and oxygen atoms in total. The van der Waals surface area contributed by atoms with Gasteiger partial charge in [-0.3, -0.25) is 0 Å². The number of hydrogen-bond acceptors (Lipinski definition) is 6. The number of hydrogen-bond donors (Lipinski definition) is 1. The Labute approximate surface area is 125 Å². The Morgan fingerprint density at radius 3 is 2.85 bits per heavy atom. The van der Waals surface area contributed by atoms with Gasteiger partial charge in [-0.15, -0.1) is 11.3 Å². The summed E-state index contributed by atoms with van der Waals surface area (Å²) in [5, 5.41) is 2.33. The first-order chi connectivity index (χ1) is 9.43. The number of rotatable bonds is 8. The fraction of sp³-hybridized carbons (Fsp3) is 0.714. The summed E-state index contributed by atoms with van der Waals surface area (Å²) in [4.78, 5) is 18.0. The second-order valence-corrected chi connectivity index (χ2v) is 6.16. The molecule has 0 aromatic carbocycles. The zero-order valence-electron chi connectivity index (χ0n) is 12.8. The SMILES string of the molecule is CCOC(=O)c1nc(CN(C)CCC(N)C(C)C)cs1. The Morgan fingerprint density at radius 1 is 1.55 bits per heavy atom. The summed E-state index contributed by atoms with van der Waals surface area (Å²) in [7, 11) is 2.04. The molecule has 1 rings (SSSR count). The molecule has 2 N–H and O–H groups in total. The monoisotopic (exact) mass is 299 g/mol. The molecule has 0 aliphatic heterocycles. The van der Waals surface area contributed by atoms with E-state index in [9.17, 15) is 4.79 Å². The van der Waals surface area contributed by atoms with E-state index in [1.54, 1.807) is 6.92 Å². The number of esters is 1. The topological polar surface area (TPSA) is 68.5 Å². The van der Waals surface area contributed by atoms with E-state index in [0.29, 0.717) is 17.5 Å². The van der Waals surface area contributed by atoms with Crippen molar-refractivity contribution in [2.75, 3.05) is 20.2 Å². The van der Waals surface area contributed by atoms with Gasteiger partial charge in [0, 0.05) is 18.0 Å². The van der Waals surface area contributed by atoms with Crippen LogP contribution in [0, 0.1) is 5.92 Å². The lowest BCUT2D eigenvalue weighted by Crippen LogP contribution is -2.31. The molecule has 0 bridgehead atoms. The van der Waals surface area contributed by atoms with Gasteiger partial charge >= 0.3 is 5.97 Å². The maximum atomic E-state index is 11.5. The molecule has 0 saturated heterocycles. The highest BCUT2D eigenvalue weighted by Gasteiger charge is 2.14. The fourth-order valence-electron chi connectivity index (χ4n) is 1.72. The van der Waals surface area contributed by atoms with Crippen molar-refractivity contribution in [3.8, 4) is 0 Å². The summed E-state index contributed by atoms with van der Waals surface area (Å²) in [5.74, 6) is 0.159. The van der Waals surface area contributed by atoms with Crippen LogP contribution in [-0.4, -0.2) is 42.1 Å². The first-order valence-corrected chi connectivity index (χ1v) is 7.87. The molecular weight excluding hydrogens is 274 g/mol. The van der Waals surface area contributed by atoms with Crippen molar-refractivity contribution in [2.45, 2.75) is 39.8 Å². The number of carbonyl (C=O) groups is 1. The van der Waals surface area contributed by atoms with Gasteiger partial charge in [0.05, 0.1) is 12.3 Å². The molecule has 0 aliphatic carbocycles. The first kappa shape index (κ1) is 17.1. The van der Waals surface area contributed by atoms with Crippen LogP contribution in [0.3, 0.4) is 0 Å². The molecule has 0 aliphatic rings. The third-order valence-electron chi connectivity index (χ3n) is 3.13.